The number of nitrogens with two attached hydrogens (primary N) is 1. The Morgan fingerprint density at radius 3 is 2.62 bits per heavy atom. The Morgan fingerprint density at radius 2 is 2.08 bits per heavy atom. The molecule has 1 atom stereocenters. The van der Waals surface area contributed by atoms with Gasteiger partial charge in [-0.25, -0.2) is 0 Å². The maximum absolute atomic E-state index is 11.1. The monoisotopic (exact) mass is 189 g/mol. The summed E-state index contributed by atoms with van der Waals surface area (Å²) in [5.41, 5.74) is 5.53. The molecule has 0 amide bonds. The molecule has 0 heterocycles. The first kappa shape index (κ1) is 12.4. The molecule has 0 fully saturated rings. The van der Waals surface area contributed by atoms with Crippen molar-refractivity contribution in [2.24, 2.45) is 5.73 Å². The van der Waals surface area contributed by atoms with Crippen LogP contribution in [0.3, 0.4) is 0 Å². The predicted octanol–water partition coefficient (Wildman–Crippen LogP) is 0.694. The minimum absolute atomic E-state index is 0.296. The zero-order valence-electron chi connectivity index (χ0n) is 8.41. The molecule has 0 aliphatic carbocycles. The lowest BCUT2D eigenvalue weighted by molar-refractivity contribution is -0.146. The molecule has 0 aromatic rings. The number of carbonyl (C=O) groups excluding carboxylic acids is 1. The van der Waals surface area contributed by atoms with Crippen molar-refractivity contribution in [1.82, 2.24) is 0 Å². The predicted molar refractivity (Wildman–Crippen MR) is 50.3 cm³/mol. The molecule has 0 aliphatic rings. The lowest BCUT2D eigenvalue weighted by atomic mass is 10.2. The van der Waals surface area contributed by atoms with E-state index in [0.29, 0.717) is 26.2 Å². The van der Waals surface area contributed by atoms with Crippen LogP contribution in [-0.4, -0.2) is 31.8 Å². The molecule has 0 aliphatic heterocycles. The SMILES string of the molecule is CCC[C@@H](N)C(=O)OCCOCC. The summed E-state index contributed by atoms with van der Waals surface area (Å²) in [7, 11) is 0. The van der Waals surface area contributed by atoms with Crippen LogP contribution in [0.15, 0.2) is 0 Å². The number of ether oxygens (including phenoxy) is 2. The van der Waals surface area contributed by atoms with E-state index in [4.69, 9.17) is 15.2 Å². The minimum atomic E-state index is -0.480. The summed E-state index contributed by atoms with van der Waals surface area (Å²) in [4.78, 5) is 11.1. The van der Waals surface area contributed by atoms with Crippen molar-refractivity contribution in [2.75, 3.05) is 19.8 Å². The van der Waals surface area contributed by atoms with E-state index in [-0.39, 0.29) is 5.97 Å². The van der Waals surface area contributed by atoms with Gasteiger partial charge in [-0.15, -0.1) is 0 Å². The second-order valence-corrected chi connectivity index (χ2v) is 2.76. The fourth-order valence-corrected chi connectivity index (χ4v) is 0.881. The topological polar surface area (TPSA) is 61.6 Å². The zero-order chi connectivity index (χ0) is 10.1. The number of hydrogen-bond donors (Lipinski definition) is 1. The maximum atomic E-state index is 11.1. The molecule has 0 aromatic carbocycles. The highest BCUT2D eigenvalue weighted by atomic mass is 16.6. The van der Waals surface area contributed by atoms with Crippen molar-refractivity contribution in [3.8, 4) is 0 Å². The van der Waals surface area contributed by atoms with E-state index in [9.17, 15) is 4.79 Å². The van der Waals surface area contributed by atoms with E-state index in [0.717, 1.165) is 6.42 Å². The molecule has 78 valence electrons. The Morgan fingerprint density at radius 1 is 1.38 bits per heavy atom. The summed E-state index contributed by atoms with van der Waals surface area (Å²) in [5.74, 6) is -0.332. The summed E-state index contributed by atoms with van der Waals surface area (Å²) >= 11 is 0. The molecule has 13 heavy (non-hydrogen) atoms. The van der Waals surface area contributed by atoms with Crippen molar-refractivity contribution in [1.29, 1.82) is 0 Å². The second kappa shape index (κ2) is 8.01. The summed E-state index contributed by atoms with van der Waals surface area (Å²) in [6.07, 6.45) is 1.56. The van der Waals surface area contributed by atoms with Gasteiger partial charge in [0.05, 0.1) is 6.61 Å². The smallest absolute Gasteiger partial charge is 0.322 e. The average Bonchev–Trinajstić information content (AvgIpc) is 2.12. The van der Waals surface area contributed by atoms with Gasteiger partial charge in [0.15, 0.2) is 0 Å². The number of hydrogen-bond acceptors (Lipinski definition) is 4. The second-order valence-electron chi connectivity index (χ2n) is 2.76. The van der Waals surface area contributed by atoms with Crippen LogP contribution in [-0.2, 0) is 14.3 Å². The van der Waals surface area contributed by atoms with Gasteiger partial charge in [0.25, 0.3) is 0 Å². The third-order valence-electron chi connectivity index (χ3n) is 1.58. The Balaban J connectivity index is 3.38. The lowest BCUT2D eigenvalue weighted by Gasteiger charge is -2.09. The number of esters is 1. The molecular formula is C9H19NO3. The van der Waals surface area contributed by atoms with Gasteiger partial charge in [-0.2, -0.15) is 0 Å². The zero-order valence-corrected chi connectivity index (χ0v) is 8.41. The summed E-state index contributed by atoms with van der Waals surface area (Å²) in [6, 6.07) is -0.480. The van der Waals surface area contributed by atoms with Crippen molar-refractivity contribution in [3.05, 3.63) is 0 Å². The molecular weight excluding hydrogens is 170 g/mol. The Bertz CT molecular complexity index is 139. The van der Waals surface area contributed by atoms with Crippen LogP contribution in [0.4, 0.5) is 0 Å². The van der Waals surface area contributed by atoms with Crippen LogP contribution in [0, 0.1) is 0 Å². The maximum Gasteiger partial charge on any atom is 0.322 e. The van der Waals surface area contributed by atoms with Crippen molar-refractivity contribution in [2.45, 2.75) is 32.7 Å². The molecule has 0 saturated heterocycles. The highest BCUT2D eigenvalue weighted by molar-refractivity contribution is 5.75. The third-order valence-corrected chi connectivity index (χ3v) is 1.58. The van der Waals surface area contributed by atoms with Crippen LogP contribution >= 0.6 is 0 Å². The van der Waals surface area contributed by atoms with Gasteiger partial charge in [-0.1, -0.05) is 13.3 Å². The first-order valence-corrected chi connectivity index (χ1v) is 4.72. The summed E-state index contributed by atoms with van der Waals surface area (Å²) in [5, 5.41) is 0. The standard InChI is InChI=1S/C9H19NO3/c1-3-5-8(10)9(11)13-7-6-12-4-2/h8H,3-7,10H2,1-2H3/t8-/m1/s1. The molecule has 0 saturated carbocycles. The van der Waals surface area contributed by atoms with Gasteiger partial charge in [-0.05, 0) is 13.3 Å². The Hall–Kier alpha value is -0.610. The van der Waals surface area contributed by atoms with E-state index < -0.39 is 6.04 Å². The molecule has 0 rings (SSSR count). The quantitative estimate of drug-likeness (QED) is 0.473. The molecule has 2 N–H and O–H groups in total. The normalized spacial score (nSPS) is 12.5. The lowest BCUT2D eigenvalue weighted by Crippen LogP contribution is -2.32. The molecule has 0 spiro atoms. The van der Waals surface area contributed by atoms with Gasteiger partial charge in [0.2, 0.25) is 0 Å². The molecule has 4 heteroatoms. The van der Waals surface area contributed by atoms with E-state index in [1.165, 1.54) is 0 Å². The van der Waals surface area contributed by atoms with E-state index in [2.05, 4.69) is 0 Å². The molecule has 0 radical (unpaired) electrons. The summed E-state index contributed by atoms with van der Waals surface area (Å²) < 4.78 is 9.88. The van der Waals surface area contributed by atoms with Crippen LogP contribution in [0.25, 0.3) is 0 Å². The highest BCUT2D eigenvalue weighted by Gasteiger charge is 2.12. The van der Waals surface area contributed by atoms with E-state index in [1.807, 2.05) is 13.8 Å². The molecule has 0 bridgehead atoms. The Labute approximate surface area is 79.4 Å². The fourth-order valence-electron chi connectivity index (χ4n) is 0.881. The summed E-state index contributed by atoms with van der Waals surface area (Å²) in [6.45, 7) is 5.25. The van der Waals surface area contributed by atoms with Gasteiger partial charge < -0.3 is 15.2 Å². The van der Waals surface area contributed by atoms with Crippen LogP contribution in [0.5, 0.6) is 0 Å². The van der Waals surface area contributed by atoms with Crippen molar-refractivity contribution >= 4 is 5.97 Å². The fraction of sp³-hybridized carbons (Fsp3) is 0.889. The third kappa shape index (κ3) is 6.54. The van der Waals surface area contributed by atoms with Crippen molar-refractivity contribution < 1.29 is 14.3 Å². The molecule has 0 unspecified atom stereocenters. The number of rotatable bonds is 7. The largest absolute Gasteiger partial charge is 0.462 e. The molecule has 0 aromatic heterocycles. The van der Waals surface area contributed by atoms with Crippen LogP contribution in [0.1, 0.15) is 26.7 Å². The van der Waals surface area contributed by atoms with Gasteiger partial charge in [0, 0.05) is 6.61 Å². The van der Waals surface area contributed by atoms with E-state index >= 15 is 0 Å². The molecule has 4 nitrogen and oxygen atoms in total. The Kier molecular flexibility index (Phi) is 7.63. The van der Waals surface area contributed by atoms with Gasteiger partial charge in [0.1, 0.15) is 12.6 Å². The highest BCUT2D eigenvalue weighted by Crippen LogP contribution is 1.95. The van der Waals surface area contributed by atoms with Gasteiger partial charge >= 0.3 is 5.97 Å². The first-order chi connectivity index (χ1) is 6.22. The van der Waals surface area contributed by atoms with Crippen molar-refractivity contribution in [3.63, 3.8) is 0 Å². The van der Waals surface area contributed by atoms with Gasteiger partial charge in [-0.3, -0.25) is 4.79 Å². The number of carbonyl (C=O) groups is 1. The first-order valence-electron chi connectivity index (χ1n) is 4.72. The van der Waals surface area contributed by atoms with Crippen LogP contribution < -0.4 is 5.73 Å². The minimum Gasteiger partial charge on any atom is -0.462 e. The van der Waals surface area contributed by atoms with E-state index in [1.54, 1.807) is 0 Å². The average molecular weight is 189 g/mol. The van der Waals surface area contributed by atoms with Crippen LogP contribution in [0.2, 0.25) is 0 Å².